The molecular weight excluding hydrogens is 272 g/mol. The Morgan fingerprint density at radius 3 is 2.90 bits per heavy atom. The van der Waals surface area contributed by atoms with Crippen molar-refractivity contribution < 1.29 is 9.90 Å². The van der Waals surface area contributed by atoms with Gasteiger partial charge in [-0.1, -0.05) is 17.9 Å². The molecule has 0 spiro atoms. The summed E-state index contributed by atoms with van der Waals surface area (Å²) in [7, 11) is 0. The molecule has 0 bridgehead atoms. The van der Waals surface area contributed by atoms with Gasteiger partial charge in [-0.15, -0.1) is 11.3 Å². The molecule has 102 valence electrons. The summed E-state index contributed by atoms with van der Waals surface area (Å²) in [4.78, 5) is 17.0. The van der Waals surface area contributed by atoms with Gasteiger partial charge in [0.2, 0.25) is 0 Å². The van der Waals surface area contributed by atoms with Gasteiger partial charge in [0.1, 0.15) is 11.5 Å². The molecule has 0 atom stereocenters. The number of rotatable bonds is 2. The molecule has 0 saturated heterocycles. The molecule has 2 aromatic rings. The number of carbonyl (C=O) groups is 1. The molecule has 0 saturated carbocycles. The van der Waals surface area contributed by atoms with Crippen molar-refractivity contribution in [2.24, 2.45) is 0 Å². The molecule has 5 heteroatoms. The first-order valence-corrected chi connectivity index (χ1v) is 6.87. The Kier molecular flexibility index (Phi) is 4.51. The lowest BCUT2D eigenvalue weighted by Gasteiger charge is -2.04. The van der Waals surface area contributed by atoms with Crippen LogP contribution in [0.3, 0.4) is 0 Å². The van der Waals surface area contributed by atoms with E-state index in [0.717, 1.165) is 16.3 Å². The first-order valence-electron chi connectivity index (χ1n) is 6.05. The fraction of sp³-hybridized carbons (Fsp3) is 0.200. The van der Waals surface area contributed by atoms with E-state index < -0.39 is 0 Å². The number of nitrogens with zero attached hydrogens (tertiary/aromatic N) is 1. The Bertz CT molecular complexity index is 695. The van der Waals surface area contributed by atoms with Crippen molar-refractivity contribution in [1.29, 1.82) is 0 Å². The first kappa shape index (κ1) is 14.3. The van der Waals surface area contributed by atoms with E-state index in [1.54, 1.807) is 12.1 Å². The molecule has 0 radical (unpaired) electrons. The smallest absolute Gasteiger partial charge is 0.267 e. The molecule has 0 unspecified atom stereocenters. The molecule has 0 aliphatic rings. The Labute approximate surface area is 121 Å². The van der Waals surface area contributed by atoms with E-state index in [2.05, 4.69) is 22.1 Å². The number of anilines is 1. The zero-order chi connectivity index (χ0) is 14.5. The van der Waals surface area contributed by atoms with Crippen molar-refractivity contribution >= 4 is 22.9 Å². The molecule has 2 N–H and O–H groups in total. The summed E-state index contributed by atoms with van der Waals surface area (Å²) >= 11 is 1.38. The Hall–Kier alpha value is -2.16. The fourth-order valence-corrected chi connectivity index (χ4v) is 2.56. The number of hydrogen-bond acceptors (Lipinski definition) is 4. The zero-order valence-electron chi connectivity index (χ0n) is 11.2. The number of nitrogens with one attached hydrogen (secondary N) is 1. The molecule has 20 heavy (non-hydrogen) atoms. The summed E-state index contributed by atoms with van der Waals surface area (Å²) in [6.45, 7) is 3.51. The molecule has 0 aliphatic carbocycles. The highest BCUT2D eigenvalue weighted by molar-refractivity contribution is 7.13. The third-order valence-corrected chi connectivity index (χ3v) is 3.61. The largest absolute Gasteiger partial charge is 0.384 e. The minimum atomic E-state index is -0.185. The van der Waals surface area contributed by atoms with Crippen LogP contribution in [0.1, 0.15) is 25.9 Å². The van der Waals surface area contributed by atoms with Crippen molar-refractivity contribution in [2.45, 2.75) is 13.8 Å². The lowest BCUT2D eigenvalue weighted by atomic mass is 10.2. The van der Waals surface area contributed by atoms with Crippen LogP contribution in [0.25, 0.3) is 0 Å². The van der Waals surface area contributed by atoms with Crippen LogP contribution in [0.15, 0.2) is 24.3 Å². The van der Waals surface area contributed by atoms with E-state index in [4.69, 9.17) is 5.11 Å². The highest BCUT2D eigenvalue weighted by Crippen LogP contribution is 2.19. The maximum Gasteiger partial charge on any atom is 0.267 e. The van der Waals surface area contributed by atoms with Gasteiger partial charge in [0.25, 0.3) is 5.91 Å². The van der Waals surface area contributed by atoms with Crippen LogP contribution in [0.5, 0.6) is 0 Å². The minimum Gasteiger partial charge on any atom is -0.384 e. The topological polar surface area (TPSA) is 62.2 Å². The van der Waals surface area contributed by atoms with Crippen molar-refractivity contribution in [3.8, 4) is 11.8 Å². The highest BCUT2D eigenvalue weighted by atomic mass is 32.1. The van der Waals surface area contributed by atoms with Crippen molar-refractivity contribution in [2.75, 3.05) is 11.9 Å². The van der Waals surface area contributed by atoms with Crippen LogP contribution >= 0.6 is 11.3 Å². The molecule has 1 aromatic carbocycles. The Balaban J connectivity index is 2.17. The molecule has 2 rings (SSSR count). The van der Waals surface area contributed by atoms with Gasteiger partial charge in [-0.05, 0) is 32.0 Å². The quantitative estimate of drug-likeness (QED) is 0.833. The van der Waals surface area contributed by atoms with Gasteiger partial charge in [0.05, 0.1) is 10.7 Å². The van der Waals surface area contributed by atoms with Crippen LogP contribution in [0.2, 0.25) is 0 Å². The summed E-state index contributed by atoms with van der Waals surface area (Å²) in [5, 5.41) is 12.4. The number of benzene rings is 1. The van der Waals surface area contributed by atoms with Crippen LogP contribution in [-0.4, -0.2) is 22.6 Å². The average molecular weight is 286 g/mol. The van der Waals surface area contributed by atoms with Gasteiger partial charge in [0.15, 0.2) is 0 Å². The molecule has 0 aliphatic heterocycles. The van der Waals surface area contributed by atoms with E-state index in [0.29, 0.717) is 10.6 Å². The monoisotopic (exact) mass is 286 g/mol. The fourth-order valence-electron chi connectivity index (χ4n) is 1.75. The SMILES string of the molecule is Cc1nc(C)c(C(=O)Nc2cccc(C#CCO)c2)s1. The van der Waals surface area contributed by atoms with Gasteiger partial charge >= 0.3 is 0 Å². The zero-order valence-corrected chi connectivity index (χ0v) is 12.0. The number of amides is 1. The number of aliphatic hydroxyl groups is 1. The average Bonchev–Trinajstić information content (AvgIpc) is 2.76. The number of thiazole rings is 1. The number of aliphatic hydroxyl groups excluding tert-OH is 1. The predicted octanol–water partition coefficient (Wildman–Crippen LogP) is 2.36. The molecule has 1 amide bonds. The van der Waals surface area contributed by atoms with Gasteiger partial charge in [-0.3, -0.25) is 4.79 Å². The summed E-state index contributed by atoms with van der Waals surface area (Å²) in [6, 6.07) is 7.19. The number of hydrogen-bond donors (Lipinski definition) is 2. The standard InChI is InChI=1S/C15H14N2O2S/c1-10-14(20-11(2)16-10)15(19)17-13-7-3-5-12(9-13)6-4-8-18/h3,5,7,9,18H,8H2,1-2H3,(H,17,19). The van der Waals surface area contributed by atoms with Crippen molar-refractivity contribution in [3.63, 3.8) is 0 Å². The van der Waals surface area contributed by atoms with E-state index in [-0.39, 0.29) is 12.5 Å². The number of aryl methyl sites for hydroxylation is 2. The normalized spacial score (nSPS) is 9.75. The van der Waals surface area contributed by atoms with Gasteiger partial charge in [-0.25, -0.2) is 4.98 Å². The van der Waals surface area contributed by atoms with Gasteiger partial charge < -0.3 is 10.4 Å². The molecule has 0 fully saturated rings. The third kappa shape index (κ3) is 3.44. The molecule has 1 heterocycles. The van der Waals surface area contributed by atoms with Crippen LogP contribution < -0.4 is 5.32 Å². The number of carbonyl (C=O) groups excluding carboxylic acids is 1. The lowest BCUT2D eigenvalue weighted by Crippen LogP contribution is -2.11. The molecule has 4 nitrogen and oxygen atoms in total. The van der Waals surface area contributed by atoms with Gasteiger partial charge in [-0.2, -0.15) is 0 Å². The maximum atomic E-state index is 12.2. The van der Waals surface area contributed by atoms with E-state index in [9.17, 15) is 4.79 Å². The lowest BCUT2D eigenvalue weighted by molar-refractivity contribution is 0.103. The second-order valence-corrected chi connectivity index (χ2v) is 5.35. The van der Waals surface area contributed by atoms with Crippen molar-refractivity contribution in [3.05, 3.63) is 45.4 Å². The van der Waals surface area contributed by atoms with E-state index >= 15 is 0 Å². The summed E-state index contributed by atoms with van der Waals surface area (Å²) in [5.74, 6) is 5.21. The maximum absolute atomic E-state index is 12.2. The summed E-state index contributed by atoms with van der Waals surface area (Å²) in [5.41, 5.74) is 2.15. The first-order chi connectivity index (χ1) is 9.60. The summed E-state index contributed by atoms with van der Waals surface area (Å²) in [6.07, 6.45) is 0. The van der Waals surface area contributed by atoms with E-state index in [1.165, 1.54) is 11.3 Å². The van der Waals surface area contributed by atoms with Crippen LogP contribution in [0, 0.1) is 25.7 Å². The predicted molar refractivity (Wildman–Crippen MR) is 79.9 cm³/mol. The molecular formula is C15H14N2O2S. The Morgan fingerprint density at radius 1 is 1.45 bits per heavy atom. The van der Waals surface area contributed by atoms with Crippen LogP contribution in [0.4, 0.5) is 5.69 Å². The number of aromatic nitrogens is 1. The minimum absolute atomic E-state index is 0.166. The molecule has 1 aromatic heterocycles. The second kappa shape index (κ2) is 6.33. The third-order valence-electron chi connectivity index (χ3n) is 2.54. The summed E-state index contributed by atoms with van der Waals surface area (Å²) < 4.78 is 0. The van der Waals surface area contributed by atoms with Gasteiger partial charge in [0, 0.05) is 11.3 Å². The van der Waals surface area contributed by atoms with E-state index in [1.807, 2.05) is 26.0 Å². The highest BCUT2D eigenvalue weighted by Gasteiger charge is 2.13. The Morgan fingerprint density at radius 2 is 2.25 bits per heavy atom. The van der Waals surface area contributed by atoms with Crippen molar-refractivity contribution in [1.82, 2.24) is 4.98 Å². The second-order valence-electron chi connectivity index (χ2n) is 4.14. The van der Waals surface area contributed by atoms with Crippen LogP contribution in [-0.2, 0) is 0 Å².